The Labute approximate surface area is 262 Å². The molecule has 45 heavy (non-hydrogen) atoms. The van der Waals surface area contributed by atoms with Gasteiger partial charge in [0.05, 0.1) is 11.0 Å². The van der Waals surface area contributed by atoms with E-state index >= 15 is 0 Å². The van der Waals surface area contributed by atoms with Crippen molar-refractivity contribution in [2.24, 2.45) is 0 Å². The lowest BCUT2D eigenvalue weighted by Crippen LogP contribution is -2.45. The minimum Gasteiger partial charge on any atom is -0.444 e. The van der Waals surface area contributed by atoms with E-state index in [-0.39, 0.29) is 11.8 Å². The number of benzene rings is 2. The first kappa shape index (κ1) is 31.8. The summed E-state index contributed by atoms with van der Waals surface area (Å²) in [5.74, 6) is 0.114. The second-order valence-electron chi connectivity index (χ2n) is 13.5. The molecule has 2 aliphatic heterocycles. The lowest BCUT2D eigenvalue weighted by atomic mass is 10.1. The smallest absolute Gasteiger partial charge is 0.410 e. The first-order chi connectivity index (χ1) is 21.2. The van der Waals surface area contributed by atoms with Gasteiger partial charge in [0.2, 0.25) is 11.8 Å². The highest BCUT2D eigenvalue weighted by molar-refractivity contribution is 5.99. The highest BCUT2D eigenvalue weighted by atomic mass is 16.6. The Morgan fingerprint density at radius 3 is 1.76 bits per heavy atom. The zero-order chi connectivity index (χ0) is 32.5. The molecule has 2 atom stereocenters. The van der Waals surface area contributed by atoms with E-state index in [9.17, 15) is 19.2 Å². The second-order valence-corrected chi connectivity index (χ2v) is 13.5. The molecule has 0 saturated carbocycles. The van der Waals surface area contributed by atoms with Crippen LogP contribution in [-0.2, 0) is 19.1 Å². The number of anilines is 2. The molecule has 12 heteroatoms. The summed E-state index contributed by atoms with van der Waals surface area (Å²) in [5.41, 5.74) is 2.18. The first-order valence-corrected chi connectivity index (χ1v) is 15.4. The van der Waals surface area contributed by atoms with E-state index in [1.807, 2.05) is 24.3 Å². The van der Waals surface area contributed by atoms with Crippen molar-refractivity contribution >= 4 is 46.4 Å². The number of imidazole rings is 1. The molecule has 3 heterocycles. The molecule has 0 spiro atoms. The van der Waals surface area contributed by atoms with Gasteiger partial charge in [-0.15, -0.1) is 0 Å². The summed E-state index contributed by atoms with van der Waals surface area (Å²) in [6.45, 7) is 11.8. The lowest BCUT2D eigenvalue weighted by Gasteiger charge is -2.28. The molecule has 240 valence electrons. The summed E-state index contributed by atoms with van der Waals surface area (Å²) in [5, 5.41) is 5.85. The summed E-state index contributed by atoms with van der Waals surface area (Å²) in [6.07, 6.45) is 1.64. The van der Waals surface area contributed by atoms with Crippen molar-refractivity contribution in [3.05, 3.63) is 42.5 Å². The topological polar surface area (TPSA) is 146 Å². The highest BCUT2D eigenvalue weighted by Gasteiger charge is 2.38. The van der Waals surface area contributed by atoms with Gasteiger partial charge >= 0.3 is 12.2 Å². The van der Waals surface area contributed by atoms with Crippen LogP contribution in [0.15, 0.2) is 42.5 Å². The number of rotatable bonds is 5. The molecular weight excluding hydrogens is 576 g/mol. The van der Waals surface area contributed by atoms with Crippen molar-refractivity contribution in [1.29, 1.82) is 0 Å². The van der Waals surface area contributed by atoms with Gasteiger partial charge in [-0.3, -0.25) is 19.4 Å². The van der Waals surface area contributed by atoms with Crippen molar-refractivity contribution in [2.45, 2.75) is 90.5 Å². The van der Waals surface area contributed by atoms with E-state index in [0.29, 0.717) is 43.1 Å². The predicted molar refractivity (Wildman–Crippen MR) is 171 cm³/mol. The van der Waals surface area contributed by atoms with E-state index < -0.39 is 35.5 Å². The molecule has 2 saturated heterocycles. The number of likely N-dealkylation sites (tertiary alicyclic amines) is 2. The monoisotopic (exact) mass is 618 g/mol. The number of H-pyrrole nitrogens is 1. The molecule has 12 nitrogen and oxygen atoms in total. The number of carbonyl (C=O) groups is 4. The molecule has 5 rings (SSSR count). The third-order valence-corrected chi connectivity index (χ3v) is 7.54. The van der Waals surface area contributed by atoms with Gasteiger partial charge in [-0.25, -0.2) is 14.6 Å². The molecule has 0 bridgehead atoms. The van der Waals surface area contributed by atoms with Gasteiger partial charge in [-0.2, -0.15) is 0 Å². The number of fused-ring (bicyclic) bond motifs is 1. The van der Waals surface area contributed by atoms with Crippen LogP contribution >= 0.6 is 0 Å². The molecule has 1 aromatic heterocycles. The molecule has 0 radical (unpaired) electrons. The van der Waals surface area contributed by atoms with Gasteiger partial charge in [0.25, 0.3) is 0 Å². The van der Waals surface area contributed by atoms with Crippen LogP contribution < -0.4 is 10.6 Å². The average Bonchev–Trinajstić information content (AvgIpc) is 3.71. The van der Waals surface area contributed by atoms with Crippen LogP contribution in [0.2, 0.25) is 0 Å². The lowest BCUT2D eigenvalue weighted by molar-refractivity contribution is -0.121. The predicted octanol–water partition coefficient (Wildman–Crippen LogP) is 5.91. The van der Waals surface area contributed by atoms with Crippen LogP contribution in [-0.4, -0.2) is 80.1 Å². The number of amides is 4. The van der Waals surface area contributed by atoms with E-state index in [4.69, 9.17) is 9.47 Å². The normalized spacial score (nSPS) is 18.6. The number of hydrogen-bond acceptors (Lipinski definition) is 7. The highest BCUT2D eigenvalue weighted by Crippen LogP contribution is 2.27. The Kier molecular flexibility index (Phi) is 8.77. The Morgan fingerprint density at radius 1 is 0.756 bits per heavy atom. The number of carbonyl (C=O) groups excluding carboxylic acids is 4. The average molecular weight is 619 g/mol. The summed E-state index contributed by atoms with van der Waals surface area (Å²) in [4.78, 5) is 62.3. The maximum absolute atomic E-state index is 13.1. The number of nitrogens with one attached hydrogen (secondary N) is 3. The minimum atomic E-state index is -0.640. The second kappa shape index (κ2) is 12.4. The van der Waals surface area contributed by atoms with Crippen LogP contribution in [0.4, 0.5) is 21.0 Å². The van der Waals surface area contributed by atoms with Crippen LogP contribution in [0, 0.1) is 0 Å². The Balaban J connectivity index is 1.22. The van der Waals surface area contributed by atoms with Crippen molar-refractivity contribution in [1.82, 2.24) is 19.8 Å². The number of aromatic nitrogens is 2. The Bertz CT molecular complexity index is 1590. The fraction of sp³-hybridized carbons (Fsp3) is 0.485. The first-order valence-electron chi connectivity index (χ1n) is 15.4. The number of ether oxygens (including phenoxy) is 2. The zero-order valence-corrected chi connectivity index (χ0v) is 26.7. The van der Waals surface area contributed by atoms with Gasteiger partial charge in [0, 0.05) is 30.0 Å². The van der Waals surface area contributed by atoms with E-state index in [0.717, 1.165) is 29.4 Å². The van der Waals surface area contributed by atoms with Crippen molar-refractivity contribution in [3.8, 4) is 11.4 Å². The standard InChI is InChI=1S/C33H42N6O6/c1-32(2,3)44-30(42)38-17-7-9-25(38)28(40)34-21-13-11-20(12-14-21)27-36-23-16-15-22(19-24(23)37-27)35-29(41)26-10-8-18-39(26)31(43)45-33(4,5)6/h11-16,19,25-26H,7-10,17-18H2,1-6H3,(H,34,40)(H,35,41)(H,36,37)/t25-,26-/m0/s1. The van der Waals surface area contributed by atoms with Gasteiger partial charge in [-0.05, 0) is 110 Å². The van der Waals surface area contributed by atoms with Crippen LogP contribution in [0.25, 0.3) is 22.4 Å². The molecule has 4 amide bonds. The molecule has 3 aromatic rings. The van der Waals surface area contributed by atoms with E-state index in [1.54, 1.807) is 59.7 Å². The quantitative estimate of drug-likeness (QED) is 0.322. The van der Waals surface area contributed by atoms with Crippen molar-refractivity contribution < 1.29 is 28.7 Å². The molecule has 2 fully saturated rings. The number of hydrogen-bond donors (Lipinski definition) is 3. The van der Waals surface area contributed by atoms with E-state index in [2.05, 4.69) is 20.6 Å². The van der Waals surface area contributed by atoms with Crippen molar-refractivity contribution in [3.63, 3.8) is 0 Å². The number of aromatic amines is 1. The van der Waals surface area contributed by atoms with Crippen LogP contribution in [0.3, 0.4) is 0 Å². The molecule has 0 aliphatic carbocycles. The van der Waals surface area contributed by atoms with Gasteiger partial charge in [0.1, 0.15) is 29.1 Å². The SMILES string of the molecule is CC(C)(C)OC(=O)N1CCC[C@H]1C(=O)Nc1ccc(-c2nc3ccc(NC(=O)[C@@H]4CCCN4C(=O)OC(C)(C)C)cc3[nH]2)cc1. The van der Waals surface area contributed by atoms with Gasteiger partial charge in [0.15, 0.2) is 0 Å². The van der Waals surface area contributed by atoms with E-state index in [1.165, 1.54) is 9.80 Å². The number of nitrogens with zero attached hydrogens (tertiary/aromatic N) is 3. The summed E-state index contributed by atoms with van der Waals surface area (Å²) >= 11 is 0. The molecule has 0 unspecified atom stereocenters. The van der Waals surface area contributed by atoms with Gasteiger partial charge in [-0.1, -0.05) is 0 Å². The maximum Gasteiger partial charge on any atom is 0.410 e. The summed E-state index contributed by atoms with van der Waals surface area (Å²) in [7, 11) is 0. The largest absolute Gasteiger partial charge is 0.444 e. The molecule has 3 N–H and O–H groups in total. The molecule has 2 aliphatic rings. The maximum atomic E-state index is 13.1. The Morgan fingerprint density at radius 2 is 1.24 bits per heavy atom. The fourth-order valence-corrected chi connectivity index (χ4v) is 5.54. The molecule has 2 aromatic carbocycles. The third kappa shape index (κ3) is 7.73. The third-order valence-electron chi connectivity index (χ3n) is 7.54. The molecular formula is C33H42N6O6. The van der Waals surface area contributed by atoms with Crippen molar-refractivity contribution in [2.75, 3.05) is 23.7 Å². The van der Waals surface area contributed by atoms with Crippen LogP contribution in [0.5, 0.6) is 0 Å². The zero-order valence-electron chi connectivity index (χ0n) is 26.7. The fourth-order valence-electron chi connectivity index (χ4n) is 5.54. The summed E-state index contributed by atoms with van der Waals surface area (Å²) < 4.78 is 11.0. The summed E-state index contributed by atoms with van der Waals surface area (Å²) in [6, 6.07) is 11.5. The Hall–Kier alpha value is -4.61. The van der Waals surface area contributed by atoms with Crippen LogP contribution in [0.1, 0.15) is 67.2 Å². The van der Waals surface area contributed by atoms with Gasteiger partial charge < -0.3 is 25.1 Å². The minimum absolute atomic E-state index is 0.253.